The minimum absolute atomic E-state index is 0.181. The van der Waals surface area contributed by atoms with E-state index in [0.717, 1.165) is 30.3 Å². The van der Waals surface area contributed by atoms with Crippen LogP contribution in [0.15, 0.2) is 18.6 Å². The van der Waals surface area contributed by atoms with Gasteiger partial charge in [0.1, 0.15) is 17.1 Å². The molecule has 0 bridgehead atoms. The van der Waals surface area contributed by atoms with Crippen LogP contribution in [0.1, 0.15) is 39.2 Å². The number of aromatic nitrogens is 3. The summed E-state index contributed by atoms with van der Waals surface area (Å²) in [6.07, 6.45) is 5.93. The molecule has 1 saturated carbocycles. The molecule has 0 spiro atoms. The molecule has 0 aliphatic heterocycles. The van der Waals surface area contributed by atoms with Crippen molar-refractivity contribution in [2.24, 2.45) is 0 Å². The Kier molecular flexibility index (Phi) is 5.39. The molecule has 1 aliphatic rings. The average molecular weight is 328 g/mol. The summed E-state index contributed by atoms with van der Waals surface area (Å²) in [6.45, 7) is 3.15. The lowest BCUT2D eigenvalue weighted by molar-refractivity contribution is -0.155. The summed E-state index contributed by atoms with van der Waals surface area (Å²) < 4.78 is 6.59. The van der Waals surface area contributed by atoms with Crippen molar-refractivity contribution in [1.29, 1.82) is 0 Å². The molecule has 2 aromatic heterocycles. The molecule has 0 aromatic carbocycles. The number of ether oxygens (including phenoxy) is 1. The van der Waals surface area contributed by atoms with Crippen LogP contribution in [-0.4, -0.2) is 43.7 Å². The Balaban J connectivity index is 0.000000254. The molecule has 0 radical (unpaired) electrons. The van der Waals surface area contributed by atoms with Crippen LogP contribution in [0.2, 0.25) is 5.15 Å². The van der Waals surface area contributed by atoms with Crippen LogP contribution >= 0.6 is 11.6 Å². The number of aliphatic hydroxyl groups is 2. The van der Waals surface area contributed by atoms with Crippen LogP contribution in [-0.2, 0) is 4.74 Å². The highest BCUT2D eigenvalue weighted by molar-refractivity contribution is 6.33. The molecule has 1 fully saturated rings. The van der Waals surface area contributed by atoms with Crippen molar-refractivity contribution in [3.8, 4) is 0 Å². The van der Waals surface area contributed by atoms with E-state index < -0.39 is 5.79 Å². The Morgan fingerprint density at radius 2 is 2.05 bits per heavy atom. The minimum Gasteiger partial charge on any atom is -0.393 e. The van der Waals surface area contributed by atoms with Gasteiger partial charge in [-0.15, -0.1) is 0 Å². The molecular weight excluding hydrogens is 306 g/mol. The van der Waals surface area contributed by atoms with Gasteiger partial charge in [-0.2, -0.15) is 0 Å². The Labute approximate surface area is 134 Å². The fourth-order valence-electron chi connectivity index (χ4n) is 2.42. The SMILES string of the molecule is COC(C)(C)O.OC1CCC(n2ccc3c(Cl)ncnc32)C1. The van der Waals surface area contributed by atoms with Crippen LogP contribution in [0.5, 0.6) is 0 Å². The van der Waals surface area contributed by atoms with Gasteiger partial charge < -0.3 is 19.5 Å². The maximum Gasteiger partial charge on any atom is 0.159 e. The zero-order chi connectivity index (χ0) is 16.3. The van der Waals surface area contributed by atoms with Gasteiger partial charge in [-0.25, -0.2) is 9.97 Å². The van der Waals surface area contributed by atoms with Crippen molar-refractivity contribution in [2.45, 2.75) is 51.0 Å². The fraction of sp³-hybridized carbons (Fsp3) is 0.600. The van der Waals surface area contributed by atoms with Gasteiger partial charge in [-0.05, 0) is 39.2 Å². The minimum atomic E-state index is -0.958. The zero-order valence-corrected chi connectivity index (χ0v) is 13.8. The number of fused-ring (bicyclic) bond motifs is 1. The molecule has 2 heterocycles. The van der Waals surface area contributed by atoms with E-state index >= 15 is 0 Å². The largest absolute Gasteiger partial charge is 0.393 e. The second kappa shape index (κ2) is 6.91. The van der Waals surface area contributed by atoms with E-state index in [2.05, 4.69) is 19.3 Å². The summed E-state index contributed by atoms with van der Waals surface area (Å²) in [5.74, 6) is -0.958. The number of methoxy groups -OCH3 is 1. The van der Waals surface area contributed by atoms with Gasteiger partial charge in [-0.3, -0.25) is 0 Å². The molecule has 3 rings (SSSR count). The number of halogens is 1. The predicted molar refractivity (Wildman–Crippen MR) is 84.7 cm³/mol. The van der Waals surface area contributed by atoms with Crippen molar-refractivity contribution < 1.29 is 14.9 Å². The number of nitrogens with zero attached hydrogens (tertiary/aromatic N) is 3. The predicted octanol–water partition coefficient (Wildman–Crippen LogP) is 2.53. The van der Waals surface area contributed by atoms with Gasteiger partial charge in [0, 0.05) is 19.3 Å². The Morgan fingerprint density at radius 3 is 2.59 bits per heavy atom. The first-order chi connectivity index (χ1) is 10.3. The van der Waals surface area contributed by atoms with Gasteiger partial charge in [0.2, 0.25) is 0 Å². The molecule has 2 atom stereocenters. The Bertz CT molecular complexity index is 624. The standard InChI is InChI=1S/C11H12ClN3O.C4H10O2/c12-10-9-3-4-15(11(9)14-6-13-10)7-1-2-8(16)5-7;1-4(2,5)6-3/h3-4,6-8,16H,1-2,5H2;5H,1-3H3. The maximum absolute atomic E-state index is 9.55. The van der Waals surface area contributed by atoms with Crippen LogP contribution in [0.25, 0.3) is 11.0 Å². The number of hydrogen-bond acceptors (Lipinski definition) is 5. The van der Waals surface area contributed by atoms with Gasteiger partial charge in [0.05, 0.1) is 11.5 Å². The molecule has 122 valence electrons. The first kappa shape index (κ1) is 17.1. The maximum atomic E-state index is 9.55. The van der Waals surface area contributed by atoms with E-state index in [9.17, 15) is 5.11 Å². The molecule has 1 aliphatic carbocycles. The highest BCUT2D eigenvalue weighted by Gasteiger charge is 2.25. The molecule has 22 heavy (non-hydrogen) atoms. The van der Waals surface area contributed by atoms with Crippen molar-refractivity contribution >= 4 is 22.6 Å². The third-order valence-corrected chi connectivity index (χ3v) is 4.03. The monoisotopic (exact) mass is 327 g/mol. The van der Waals surface area contributed by atoms with Crippen LogP contribution in [0, 0.1) is 0 Å². The number of hydrogen-bond donors (Lipinski definition) is 2. The van der Waals surface area contributed by atoms with Crippen LogP contribution in [0.3, 0.4) is 0 Å². The molecule has 0 saturated heterocycles. The number of aliphatic hydroxyl groups excluding tert-OH is 1. The smallest absolute Gasteiger partial charge is 0.159 e. The van der Waals surface area contributed by atoms with Gasteiger partial charge >= 0.3 is 0 Å². The van der Waals surface area contributed by atoms with Crippen molar-refractivity contribution in [2.75, 3.05) is 7.11 Å². The summed E-state index contributed by atoms with van der Waals surface area (Å²) in [4.78, 5) is 8.21. The molecule has 2 aromatic rings. The van der Waals surface area contributed by atoms with Crippen LogP contribution in [0.4, 0.5) is 0 Å². The Hall–Kier alpha value is -1.21. The van der Waals surface area contributed by atoms with Gasteiger partial charge in [0.25, 0.3) is 0 Å². The van der Waals surface area contributed by atoms with E-state index in [0.29, 0.717) is 11.2 Å². The number of rotatable bonds is 2. The van der Waals surface area contributed by atoms with E-state index in [1.54, 1.807) is 13.8 Å². The second-order valence-corrected chi connectivity index (χ2v) is 6.25. The first-order valence-electron chi connectivity index (χ1n) is 7.24. The van der Waals surface area contributed by atoms with Gasteiger partial charge in [0.15, 0.2) is 5.79 Å². The third kappa shape index (κ3) is 4.16. The van der Waals surface area contributed by atoms with Crippen molar-refractivity contribution in [3.05, 3.63) is 23.7 Å². The molecule has 2 unspecified atom stereocenters. The zero-order valence-electron chi connectivity index (χ0n) is 13.0. The van der Waals surface area contributed by atoms with E-state index in [1.807, 2.05) is 12.3 Å². The molecule has 7 heteroatoms. The quantitative estimate of drug-likeness (QED) is 0.654. The van der Waals surface area contributed by atoms with Crippen molar-refractivity contribution in [3.63, 3.8) is 0 Å². The molecule has 6 nitrogen and oxygen atoms in total. The Morgan fingerprint density at radius 1 is 1.36 bits per heavy atom. The molecular formula is C15H22ClN3O3. The van der Waals surface area contributed by atoms with E-state index in [1.165, 1.54) is 13.4 Å². The average Bonchev–Trinajstić information content (AvgIpc) is 3.05. The lowest BCUT2D eigenvalue weighted by Gasteiger charge is -2.12. The summed E-state index contributed by atoms with van der Waals surface area (Å²) in [7, 11) is 1.46. The second-order valence-electron chi connectivity index (χ2n) is 5.90. The summed E-state index contributed by atoms with van der Waals surface area (Å²) in [5.41, 5.74) is 0.860. The lowest BCUT2D eigenvalue weighted by atomic mass is 10.2. The highest BCUT2D eigenvalue weighted by Crippen LogP contribution is 2.33. The van der Waals surface area contributed by atoms with Crippen molar-refractivity contribution in [1.82, 2.24) is 14.5 Å². The van der Waals surface area contributed by atoms with E-state index in [-0.39, 0.29) is 6.10 Å². The first-order valence-corrected chi connectivity index (χ1v) is 7.62. The summed E-state index contributed by atoms with van der Waals surface area (Å²) >= 11 is 5.99. The van der Waals surface area contributed by atoms with E-state index in [4.69, 9.17) is 16.7 Å². The van der Waals surface area contributed by atoms with Crippen LogP contribution < -0.4 is 0 Å². The fourth-order valence-corrected chi connectivity index (χ4v) is 2.61. The third-order valence-electron chi connectivity index (χ3n) is 3.73. The lowest BCUT2D eigenvalue weighted by Crippen LogP contribution is -2.20. The van der Waals surface area contributed by atoms with Gasteiger partial charge in [-0.1, -0.05) is 11.6 Å². The molecule has 2 N–H and O–H groups in total. The summed E-state index contributed by atoms with van der Waals surface area (Å²) in [6, 6.07) is 2.26. The highest BCUT2D eigenvalue weighted by atomic mass is 35.5. The summed E-state index contributed by atoms with van der Waals surface area (Å²) in [5, 5.41) is 19.5. The molecule has 0 amide bonds. The normalized spacial score (nSPS) is 21.7. The topological polar surface area (TPSA) is 80.4 Å².